The summed E-state index contributed by atoms with van der Waals surface area (Å²) in [6.45, 7) is 1.89. The quantitative estimate of drug-likeness (QED) is 0.629. The standard InChI is InChI=1S/C15H14ClFN2O2/c1-3-13-10(8-19(2)18-13)15(21)7-14(20)9-4-5-12(17)11(16)6-9/h4-6,8H,3,7H2,1-2H3. The van der Waals surface area contributed by atoms with E-state index < -0.39 is 11.6 Å². The first-order chi connectivity index (χ1) is 9.92. The Balaban J connectivity index is 2.18. The maximum atomic E-state index is 13.1. The van der Waals surface area contributed by atoms with Crippen molar-refractivity contribution in [3.05, 3.63) is 52.1 Å². The Labute approximate surface area is 126 Å². The molecule has 0 aliphatic carbocycles. The van der Waals surface area contributed by atoms with Gasteiger partial charge in [0.2, 0.25) is 0 Å². The molecular formula is C15H14ClFN2O2. The van der Waals surface area contributed by atoms with Crippen LogP contribution in [0.2, 0.25) is 5.02 Å². The summed E-state index contributed by atoms with van der Waals surface area (Å²) >= 11 is 5.64. The molecule has 0 unspecified atom stereocenters. The van der Waals surface area contributed by atoms with Gasteiger partial charge in [-0.2, -0.15) is 5.10 Å². The molecule has 1 aromatic heterocycles. The Bertz CT molecular complexity index is 710. The monoisotopic (exact) mass is 308 g/mol. The summed E-state index contributed by atoms with van der Waals surface area (Å²) < 4.78 is 14.6. The van der Waals surface area contributed by atoms with Crippen molar-refractivity contribution in [3.8, 4) is 0 Å². The van der Waals surface area contributed by atoms with Gasteiger partial charge in [0.05, 0.1) is 22.7 Å². The van der Waals surface area contributed by atoms with Crippen molar-refractivity contribution in [2.45, 2.75) is 19.8 Å². The van der Waals surface area contributed by atoms with Crippen molar-refractivity contribution in [2.24, 2.45) is 7.05 Å². The van der Waals surface area contributed by atoms with E-state index in [9.17, 15) is 14.0 Å². The molecule has 0 aliphatic rings. The lowest BCUT2D eigenvalue weighted by molar-refractivity contribution is 0.0894. The van der Waals surface area contributed by atoms with Crippen LogP contribution in [0.1, 0.15) is 39.8 Å². The molecule has 0 fully saturated rings. The molecule has 4 nitrogen and oxygen atoms in total. The molecule has 110 valence electrons. The number of carbonyl (C=O) groups is 2. The molecule has 1 heterocycles. The number of aryl methyl sites for hydroxylation is 2. The van der Waals surface area contributed by atoms with Gasteiger partial charge in [0, 0.05) is 18.8 Å². The fraction of sp³-hybridized carbons (Fsp3) is 0.267. The Morgan fingerprint density at radius 2 is 2.05 bits per heavy atom. The van der Waals surface area contributed by atoms with E-state index in [-0.39, 0.29) is 22.8 Å². The molecule has 0 N–H and O–H groups in total. The smallest absolute Gasteiger partial charge is 0.174 e. The van der Waals surface area contributed by atoms with Crippen molar-refractivity contribution in [3.63, 3.8) is 0 Å². The van der Waals surface area contributed by atoms with E-state index in [4.69, 9.17) is 11.6 Å². The molecule has 0 aliphatic heterocycles. The number of carbonyl (C=O) groups excluding carboxylic acids is 2. The molecule has 0 atom stereocenters. The normalized spacial score (nSPS) is 10.7. The van der Waals surface area contributed by atoms with Gasteiger partial charge in [0.1, 0.15) is 5.82 Å². The molecule has 0 amide bonds. The highest BCUT2D eigenvalue weighted by Gasteiger charge is 2.19. The van der Waals surface area contributed by atoms with Crippen LogP contribution in [0.15, 0.2) is 24.4 Å². The van der Waals surface area contributed by atoms with Crippen LogP contribution in [0.3, 0.4) is 0 Å². The fourth-order valence-electron chi connectivity index (χ4n) is 2.04. The third-order valence-corrected chi connectivity index (χ3v) is 3.39. The van der Waals surface area contributed by atoms with Crippen molar-refractivity contribution in [1.82, 2.24) is 9.78 Å². The van der Waals surface area contributed by atoms with Crippen molar-refractivity contribution in [2.75, 3.05) is 0 Å². The van der Waals surface area contributed by atoms with Crippen molar-refractivity contribution >= 4 is 23.2 Å². The number of ketones is 2. The molecule has 1 aromatic carbocycles. The lowest BCUT2D eigenvalue weighted by Gasteiger charge is -2.02. The summed E-state index contributed by atoms with van der Waals surface area (Å²) in [7, 11) is 1.72. The van der Waals surface area contributed by atoms with E-state index in [1.54, 1.807) is 17.9 Å². The third-order valence-electron chi connectivity index (χ3n) is 3.10. The summed E-state index contributed by atoms with van der Waals surface area (Å²) in [5.74, 6) is -1.29. The average Bonchev–Trinajstić information content (AvgIpc) is 2.83. The highest BCUT2D eigenvalue weighted by molar-refractivity contribution is 6.31. The molecule has 0 spiro atoms. The minimum atomic E-state index is -0.597. The van der Waals surface area contributed by atoms with Gasteiger partial charge in [0.25, 0.3) is 0 Å². The number of benzene rings is 1. The molecule has 2 rings (SSSR count). The first-order valence-electron chi connectivity index (χ1n) is 6.46. The van der Waals surface area contributed by atoms with Gasteiger partial charge in [-0.25, -0.2) is 4.39 Å². The summed E-state index contributed by atoms with van der Waals surface area (Å²) in [4.78, 5) is 24.3. The predicted molar refractivity (Wildman–Crippen MR) is 77.3 cm³/mol. The average molecular weight is 309 g/mol. The lowest BCUT2D eigenvalue weighted by Crippen LogP contribution is -2.10. The Morgan fingerprint density at radius 1 is 1.33 bits per heavy atom. The van der Waals surface area contributed by atoms with E-state index >= 15 is 0 Å². The lowest BCUT2D eigenvalue weighted by atomic mass is 10.0. The maximum absolute atomic E-state index is 13.1. The summed E-state index contributed by atoms with van der Waals surface area (Å²) in [6, 6.07) is 3.67. The van der Waals surface area contributed by atoms with E-state index in [0.717, 1.165) is 6.07 Å². The zero-order valence-electron chi connectivity index (χ0n) is 11.7. The van der Waals surface area contributed by atoms with Crippen LogP contribution >= 0.6 is 11.6 Å². The number of hydrogen-bond acceptors (Lipinski definition) is 3. The van der Waals surface area contributed by atoms with Gasteiger partial charge in [-0.15, -0.1) is 0 Å². The van der Waals surface area contributed by atoms with E-state index in [0.29, 0.717) is 17.7 Å². The summed E-state index contributed by atoms with van der Waals surface area (Å²) in [5, 5.41) is 4.03. The largest absolute Gasteiger partial charge is 0.294 e. The van der Waals surface area contributed by atoms with Gasteiger partial charge in [-0.05, 0) is 24.6 Å². The van der Waals surface area contributed by atoms with Crippen molar-refractivity contribution in [1.29, 1.82) is 0 Å². The zero-order chi connectivity index (χ0) is 15.6. The Hall–Kier alpha value is -2.01. The number of hydrogen-bond donors (Lipinski definition) is 0. The minimum absolute atomic E-state index is 0.135. The van der Waals surface area contributed by atoms with Gasteiger partial charge in [0.15, 0.2) is 11.6 Å². The van der Waals surface area contributed by atoms with Crippen LogP contribution < -0.4 is 0 Å². The zero-order valence-corrected chi connectivity index (χ0v) is 12.4. The Kier molecular flexibility index (Phi) is 4.53. The van der Waals surface area contributed by atoms with Crippen LogP contribution in [0.4, 0.5) is 4.39 Å². The van der Waals surface area contributed by atoms with E-state index in [1.165, 1.54) is 12.1 Å². The number of Topliss-reactive ketones (excluding diaryl/α,β-unsaturated/α-hetero) is 2. The van der Waals surface area contributed by atoms with Gasteiger partial charge < -0.3 is 0 Å². The molecule has 0 bridgehead atoms. The topological polar surface area (TPSA) is 52.0 Å². The molecule has 0 saturated carbocycles. The predicted octanol–water partition coefficient (Wildman–Crippen LogP) is 3.23. The number of nitrogens with zero attached hydrogens (tertiary/aromatic N) is 2. The maximum Gasteiger partial charge on any atom is 0.174 e. The first-order valence-corrected chi connectivity index (χ1v) is 6.84. The number of aromatic nitrogens is 2. The SMILES string of the molecule is CCc1nn(C)cc1C(=O)CC(=O)c1ccc(F)c(Cl)c1. The molecule has 21 heavy (non-hydrogen) atoms. The Morgan fingerprint density at radius 3 is 2.67 bits per heavy atom. The van der Waals surface area contributed by atoms with Crippen LogP contribution in [0, 0.1) is 5.82 Å². The van der Waals surface area contributed by atoms with Crippen molar-refractivity contribution < 1.29 is 14.0 Å². The number of halogens is 2. The first kappa shape index (κ1) is 15.4. The molecule has 2 aromatic rings. The van der Waals surface area contributed by atoms with Crippen LogP contribution in [0.5, 0.6) is 0 Å². The molecule has 0 saturated heterocycles. The second kappa shape index (κ2) is 6.18. The van der Waals surface area contributed by atoms with Gasteiger partial charge >= 0.3 is 0 Å². The summed E-state index contributed by atoms with van der Waals surface area (Å²) in [6.07, 6.45) is 1.92. The fourth-order valence-corrected chi connectivity index (χ4v) is 2.22. The molecule has 6 heteroatoms. The van der Waals surface area contributed by atoms with Gasteiger partial charge in [-0.1, -0.05) is 18.5 Å². The van der Waals surface area contributed by atoms with Crippen LogP contribution in [-0.2, 0) is 13.5 Å². The van der Waals surface area contributed by atoms with Crippen LogP contribution in [-0.4, -0.2) is 21.3 Å². The van der Waals surface area contributed by atoms with E-state index in [1.807, 2.05) is 6.92 Å². The molecule has 0 radical (unpaired) electrons. The third kappa shape index (κ3) is 3.36. The van der Waals surface area contributed by atoms with Gasteiger partial charge in [-0.3, -0.25) is 14.3 Å². The second-order valence-electron chi connectivity index (χ2n) is 4.67. The number of rotatable bonds is 5. The second-order valence-corrected chi connectivity index (χ2v) is 5.08. The highest BCUT2D eigenvalue weighted by atomic mass is 35.5. The highest BCUT2D eigenvalue weighted by Crippen LogP contribution is 2.18. The summed E-state index contributed by atoms with van der Waals surface area (Å²) in [5.41, 5.74) is 1.32. The molecular weight excluding hydrogens is 295 g/mol. The van der Waals surface area contributed by atoms with E-state index in [2.05, 4.69) is 5.10 Å². The van der Waals surface area contributed by atoms with Crippen LogP contribution in [0.25, 0.3) is 0 Å². The minimum Gasteiger partial charge on any atom is -0.294 e.